The van der Waals surface area contributed by atoms with E-state index in [9.17, 15) is 15.3 Å². The molecule has 0 bridgehead atoms. The molecule has 0 saturated carbocycles. The minimum absolute atomic E-state index is 0.0819. The summed E-state index contributed by atoms with van der Waals surface area (Å²) >= 11 is 0. The number of ketones is 1. The van der Waals surface area contributed by atoms with Crippen LogP contribution in [0.2, 0.25) is 0 Å². The number of rotatable bonds is 1. The summed E-state index contributed by atoms with van der Waals surface area (Å²) in [5, 5.41) is 18.7. The van der Waals surface area contributed by atoms with Gasteiger partial charge >= 0.3 is 0 Å². The van der Waals surface area contributed by atoms with Crippen LogP contribution in [-0.2, 0) is 7.05 Å². The van der Waals surface area contributed by atoms with Gasteiger partial charge in [-0.15, -0.1) is 0 Å². The number of aromatic nitrogens is 1. The van der Waals surface area contributed by atoms with Gasteiger partial charge in [-0.2, -0.15) is 10.5 Å². The molecule has 0 atom stereocenters. The van der Waals surface area contributed by atoms with Crippen LogP contribution in [0.3, 0.4) is 0 Å². The summed E-state index contributed by atoms with van der Waals surface area (Å²) in [6, 6.07) is 14.6. The molecule has 0 saturated heterocycles. The first-order valence-corrected chi connectivity index (χ1v) is 8.01. The monoisotopic (exact) mass is 339 g/mol. The molecule has 1 aromatic carbocycles. The smallest absolute Gasteiger partial charge is 0.194 e. The van der Waals surface area contributed by atoms with Gasteiger partial charge in [0.15, 0.2) is 11.4 Å². The third-order valence-electron chi connectivity index (χ3n) is 4.70. The van der Waals surface area contributed by atoms with Gasteiger partial charge in [0.25, 0.3) is 0 Å². The molecule has 0 aliphatic heterocycles. The van der Waals surface area contributed by atoms with Gasteiger partial charge in [0.05, 0.1) is 5.52 Å². The van der Waals surface area contributed by atoms with Gasteiger partial charge in [0.2, 0.25) is 0 Å². The minimum Gasteiger partial charge on any atom is -0.455 e. The average Bonchev–Trinajstić information content (AvgIpc) is 3.24. The molecule has 5 nitrogen and oxygen atoms in total. The van der Waals surface area contributed by atoms with E-state index in [1.54, 1.807) is 30.3 Å². The Morgan fingerprint density at radius 3 is 2.50 bits per heavy atom. The predicted octanol–water partition coefficient (Wildman–Crippen LogP) is 4.16. The zero-order chi connectivity index (χ0) is 18.4. The van der Waals surface area contributed by atoms with E-state index in [0.29, 0.717) is 28.0 Å². The number of hydrogen-bond acceptors (Lipinski definition) is 4. The number of hydrogen-bond donors (Lipinski definition) is 0. The molecule has 0 fully saturated rings. The van der Waals surface area contributed by atoms with Crippen LogP contribution in [0.5, 0.6) is 0 Å². The van der Waals surface area contributed by atoms with E-state index in [1.807, 2.05) is 42.8 Å². The first-order valence-electron chi connectivity index (χ1n) is 8.01. The molecule has 2 heterocycles. The van der Waals surface area contributed by atoms with Crippen molar-refractivity contribution < 1.29 is 9.21 Å². The van der Waals surface area contributed by atoms with E-state index in [1.165, 1.54) is 0 Å². The maximum absolute atomic E-state index is 12.9. The lowest BCUT2D eigenvalue weighted by molar-refractivity contribution is 0.104. The normalized spacial score (nSPS) is 14.5. The van der Waals surface area contributed by atoms with Crippen LogP contribution < -0.4 is 0 Å². The maximum atomic E-state index is 12.9. The Bertz CT molecular complexity index is 1220. The van der Waals surface area contributed by atoms with Crippen molar-refractivity contribution in [3.63, 3.8) is 0 Å². The third kappa shape index (κ3) is 2.12. The summed E-state index contributed by atoms with van der Waals surface area (Å²) < 4.78 is 7.84. The van der Waals surface area contributed by atoms with E-state index in [4.69, 9.17) is 4.42 Å². The molecule has 0 amide bonds. The van der Waals surface area contributed by atoms with Gasteiger partial charge in [0.1, 0.15) is 23.5 Å². The fourth-order valence-electron chi connectivity index (χ4n) is 3.32. The van der Waals surface area contributed by atoms with Gasteiger partial charge in [-0.1, -0.05) is 24.3 Å². The van der Waals surface area contributed by atoms with Gasteiger partial charge in [-0.3, -0.25) is 4.79 Å². The number of allylic oxidation sites excluding steroid dienone is 3. The number of carbonyl (C=O) groups excluding carboxylic acids is 1. The largest absolute Gasteiger partial charge is 0.455 e. The van der Waals surface area contributed by atoms with Crippen LogP contribution in [0.1, 0.15) is 27.4 Å². The van der Waals surface area contributed by atoms with E-state index in [0.717, 1.165) is 16.8 Å². The zero-order valence-electron chi connectivity index (χ0n) is 14.2. The number of Topliss-reactive ketones (excluding diaryl/α,β-unsaturated/α-hetero) is 1. The van der Waals surface area contributed by atoms with Crippen LogP contribution in [-0.4, -0.2) is 10.4 Å². The molecule has 1 aliphatic rings. The maximum Gasteiger partial charge on any atom is 0.194 e. The van der Waals surface area contributed by atoms with Crippen molar-refractivity contribution in [1.29, 1.82) is 10.5 Å². The van der Waals surface area contributed by atoms with Crippen LogP contribution in [0.15, 0.2) is 52.0 Å². The highest BCUT2D eigenvalue weighted by atomic mass is 16.3. The molecule has 0 spiro atoms. The number of aryl methyl sites for hydroxylation is 2. The number of furan rings is 1. The SMILES string of the molecule is Cc1cc2oc(/C=C3\C(=O)c4ccccc4C3=C(C#N)C#N)cc2n1C. The molecular formula is C21H13N3O2. The summed E-state index contributed by atoms with van der Waals surface area (Å²) in [6.45, 7) is 1.98. The fraction of sp³-hybridized carbons (Fsp3) is 0.0952. The second-order valence-corrected chi connectivity index (χ2v) is 6.15. The molecule has 3 aromatic rings. The highest BCUT2D eigenvalue weighted by Gasteiger charge is 2.32. The summed E-state index contributed by atoms with van der Waals surface area (Å²) in [4.78, 5) is 12.9. The van der Waals surface area contributed by atoms with Crippen molar-refractivity contribution >= 4 is 28.5 Å². The number of carbonyl (C=O) groups is 1. The summed E-state index contributed by atoms with van der Waals surface area (Å²) in [5.41, 5.74) is 4.40. The van der Waals surface area contributed by atoms with Crippen molar-refractivity contribution in [3.8, 4) is 12.1 Å². The predicted molar refractivity (Wildman–Crippen MR) is 96.8 cm³/mol. The standard InChI is InChI=1S/C21H13N3O2/c1-12-7-19-18(24(12)2)9-14(26-19)8-17-20(13(10-22)11-23)15-5-3-4-6-16(15)21(17)25/h3-9H,1-2H3/b17-8-. The zero-order valence-corrected chi connectivity index (χ0v) is 14.2. The minimum atomic E-state index is -0.213. The fourth-order valence-corrected chi connectivity index (χ4v) is 3.32. The first kappa shape index (κ1) is 15.7. The van der Waals surface area contributed by atoms with Gasteiger partial charge in [-0.25, -0.2) is 0 Å². The van der Waals surface area contributed by atoms with E-state index < -0.39 is 0 Å². The lowest BCUT2D eigenvalue weighted by Gasteiger charge is -2.01. The van der Waals surface area contributed by atoms with Crippen LogP contribution in [0.25, 0.3) is 22.7 Å². The summed E-state index contributed by atoms with van der Waals surface area (Å²) in [7, 11) is 1.94. The Labute approximate surface area is 149 Å². The van der Waals surface area contributed by atoms with Crippen molar-refractivity contribution in [1.82, 2.24) is 4.57 Å². The van der Waals surface area contributed by atoms with E-state index >= 15 is 0 Å². The molecular weight excluding hydrogens is 326 g/mol. The second-order valence-electron chi connectivity index (χ2n) is 6.15. The first-order chi connectivity index (χ1) is 12.5. The van der Waals surface area contributed by atoms with Crippen LogP contribution >= 0.6 is 0 Å². The van der Waals surface area contributed by atoms with Crippen molar-refractivity contribution in [2.45, 2.75) is 6.92 Å². The Balaban J connectivity index is 1.95. The van der Waals surface area contributed by atoms with Gasteiger partial charge in [-0.05, 0) is 18.6 Å². The lowest BCUT2D eigenvalue weighted by Crippen LogP contribution is -1.95. The van der Waals surface area contributed by atoms with Crippen molar-refractivity contribution in [2.24, 2.45) is 7.05 Å². The van der Waals surface area contributed by atoms with Crippen molar-refractivity contribution in [2.75, 3.05) is 0 Å². The number of nitriles is 2. The quantitative estimate of drug-likeness (QED) is 0.492. The molecule has 2 aromatic heterocycles. The molecule has 5 heteroatoms. The Morgan fingerprint density at radius 2 is 1.85 bits per heavy atom. The Kier molecular flexibility index (Phi) is 3.39. The molecule has 4 rings (SSSR count). The third-order valence-corrected chi connectivity index (χ3v) is 4.70. The van der Waals surface area contributed by atoms with Crippen molar-refractivity contribution in [3.05, 3.63) is 70.1 Å². The average molecular weight is 339 g/mol. The van der Waals surface area contributed by atoms with Crippen LogP contribution in [0.4, 0.5) is 0 Å². The van der Waals surface area contributed by atoms with E-state index in [2.05, 4.69) is 0 Å². The number of fused-ring (bicyclic) bond motifs is 2. The molecule has 0 radical (unpaired) electrons. The highest BCUT2D eigenvalue weighted by molar-refractivity contribution is 6.29. The lowest BCUT2D eigenvalue weighted by atomic mass is 9.99. The molecule has 1 aliphatic carbocycles. The number of nitrogens with zero attached hydrogens (tertiary/aromatic N) is 3. The number of benzene rings is 1. The molecule has 0 N–H and O–H groups in total. The van der Waals surface area contributed by atoms with Crippen LogP contribution in [0, 0.1) is 29.6 Å². The van der Waals surface area contributed by atoms with E-state index in [-0.39, 0.29) is 11.4 Å². The van der Waals surface area contributed by atoms with Gasteiger partial charge < -0.3 is 8.98 Å². The molecule has 0 unspecified atom stereocenters. The summed E-state index contributed by atoms with van der Waals surface area (Å²) in [6.07, 6.45) is 1.61. The topological polar surface area (TPSA) is 82.7 Å². The Morgan fingerprint density at radius 1 is 1.15 bits per heavy atom. The highest BCUT2D eigenvalue weighted by Crippen LogP contribution is 2.40. The molecule has 26 heavy (non-hydrogen) atoms. The Hall–Kier alpha value is -3.83. The molecule has 124 valence electrons. The van der Waals surface area contributed by atoms with Gasteiger partial charge in [0, 0.05) is 41.6 Å². The summed E-state index contributed by atoms with van der Waals surface area (Å²) in [5.74, 6) is 0.296. The second kappa shape index (κ2) is 5.61.